The summed E-state index contributed by atoms with van der Waals surface area (Å²) < 4.78 is 6.53. The van der Waals surface area contributed by atoms with E-state index >= 15 is 0 Å². The van der Waals surface area contributed by atoms with Crippen LogP contribution in [0.15, 0.2) is 23.8 Å². The van der Waals surface area contributed by atoms with E-state index in [0.717, 1.165) is 14.9 Å². The van der Waals surface area contributed by atoms with Gasteiger partial charge in [0.15, 0.2) is 12.1 Å². The average molecular weight is 372 g/mol. The molecule has 0 saturated carbocycles. The van der Waals surface area contributed by atoms with Gasteiger partial charge in [0.05, 0.1) is 15.2 Å². The number of ether oxygens (including phenoxy) is 1. The van der Waals surface area contributed by atoms with E-state index in [1.165, 1.54) is 6.08 Å². The molecule has 0 aliphatic carbocycles. The molecule has 0 heterocycles. The molecule has 3 nitrogen and oxygen atoms in total. The number of Topliss-reactive ketones (excluding diaryl/α,β-unsaturated/α-hetero) is 1. The third-order valence-corrected chi connectivity index (χ3v) is 3.43. The second-order valence-electron chi connectivity index (χ2n) is 4.46. The number of benzene rings is 1. The normalized spacial score (nSPS) is 11.6. The summed E-state index contributed by atoms with van der Waals surface area (Å²) in [5, 5.41) is 0. The summed E-state index contributed by atoms with van der Waals surface area (Å²) in [5.74, 6) is 0.516. The number of allylic oxidation sites excluding steroid dienone is 2. The van der Waals surface area contributed by atoms with Gasteiger partial charge >= 0.3 is 0 Å². The van der Waals surface area contributed by atoms with Gasteiger partial charge in [0.25, 0.3) is 0 Å². The minimum Gasteiger partial charge on any atom is -0.490 e. The summed E-state index contributed by atoms with van der Waals surface area (Å²) in [7, 11) is 0. The van der Waals surface area contributed by atoms with Crippen LogP contribution in [0.2, 0.25) is 0 Å². The van der Waals surface area contributed by atoms with Gasteiger partial charge < -0.3 is 4.74 Å². The SMILES string of the molecule is C/C=C(\C=O)C(=O)c1cc(I)c(OC(C)C)cc1C. The van der Waals surface area contributed by atoms with Gasteiger partial charge in [-0.2, -0.15) is 0 Å². The number of ketones is 1. The van der Waals surface area contributed by atoms with Crippen LogP contribution in [0.1, 0.15) is 36.7 Å². The van der Waals surface area contributed by atoms with Crippen molar-refractivity contribution in [1.82, 2.24) is 0 Å². The molecule has 4 heteroatoms. The second-order valence-corrected chi connectivity index (χ2v) is 5.62. The van der Waals surface area contributed by atoms with Crippen LogP contribution in [0.3, 0.4) is 0 Å². The Kier molecular flexibility index (Phi) is 5.72. The zero-order chi connectivity index (χ0) is 14.6. The molecule has 0 spiro atoms. The quantitative estimate of drug-likeness (QED) is 0.198. The van der Waals surface area contributed by atoms with E-state index in [9.17, 15) is 9.59 Å². The predicted molar refractivity (Wildman–Crippen MR) is 83.8 cm³/mol. The van der Waals surface area contributed by atoms with Crippen molar-refractivity contribution in [2.24, 2.45) is 0 Å². The Morgan fingerprint density at radius 1 is 1.37 bits per heavy atom. The van der Waals surface area contributed by atoms with Crippen LogP contribution in [-0.2, 0) is 4.79 Å². The average Bonchev–Trinajstić information content (AvgIpc) is 2.34. The molecule has 0 aromatic heterocycles. The summed E-state index contributed by atoms with van der Waals surface area (Å²) in [6.45, 7) is 7.43. The molecule has 0 amide bonds. The van der Waals surface area contributed by atoms with Crippen molar-refractivity contribution in [2.45, 2.75) is 33.8 Å². The first-order valence-corrected chi connectivity index (χ1v) is 7.11. The lowest BCUT2D eigenvalue weighted by Crippen LogP contribution is -2.10. The van der Waals surface area contributed by atoms with Gasteiger partial charge in [-0.3, -0.25) is 9.59 Å². The van der Waals surface area contributed by atoms with Crippen molar-refractivity contribution >= 4 is 34.7 Å². The molecule has 19 heavy (non-hydrogen) atoms. The van der Waals surface area contributed by atoms with E-state index in [0.29, 0.717) is 11.8 Å². The monoisotopic (exact) mass is 372 g/mol. The van der Waals surface area contributed by atoms with Crippen LogP contribution in [0, 0.1) is 10.5 Å². The highest BCUT2D eigenvalue weighted by molar-refractivity contribution is 14.1. The van der Waals surface area contributed by atoms with Crippen LogP contribution < -0.4 is 4.74 Å². The van der Waals surface area contributed by atoms with Crippen molar-refractivity contribution in [2.75, 3.05) is 0 Å². The largest absolute Gasteiger partial charge is 0.490 e. The Labute approximate surface area is 127 Å². The Balaban J connectivity index is 3.22. The molecule has 0 bridgehead atoms. The molecule has 0 radical (unpaired) electrons. The molecule has 0 atom stereocenters. The molecule has 1 rings (SSSR count). The van der Waals surface area contributed by atoms with E-state index in [2.05, 4.69) is 22.6 Å². The predicted octanol–water partition coefficient (Wildman–Crippen LogP) is 3.71. The highest BCUT2D eigenvalue weighted by Crippen LogP contribution is 2.27. The lowest BCUT2D eigenvalue weighted by molar-refractivity contribution is -0.104. The van der Waals surface area contributed by atoms with Crippen LogP contribution in [0.4, 0.5) is 0 Å². The number of hydrogen-bond donors (Lipinski definition) is 0. The molecular formula is C15H17IO3. The van der Waals surface area contributed by atoms with Gasteiger partial charge in [-0.1, -0.05) is 6.08 Å². The first-order valence-electron chi connectivity index (χ1n) is 6.03. The molecule has 102 valence electrons. The molecule has 0 aliphatic heterocycles. The van der Waals surface area contributed by atoms with Gasteiger partial charge in [-0.05, 0) is 68.0 Å². The lowest BCUT2D eigenvalue weighted by Gasteiger charge is -2.14. The summed E-state index contributed by atoms with van der Waals surface area (Å²) in [5.41, 5.74) is 1.53. The van der Waals surface area contributed by atoms with E-state index < -0.39 is 0 Å². The fourth-order valence-electron chi connectivity index (χ4n) is 1.65. The Morgan fingerprint density at radius 3 is 2.47 bits per heavy atom. The summed E-state index contributed by atoms with van der Waals surface area (Å²) >= 11 is 2.13. The highest BCUT2D eigenvalue weighted by Gasteiger charge is 2.16. The van der Waals surface area contributed by atoms with Crippen molar-refractivity contribution in [1.29, 1.82) is 0 Å². The number of aryl methyl sites for hydroxylation is 1. The number of hydrogen-bond acceptors (Lipinski definition) is 3. The first kappa shape index (κ1) is 15.9. The molecule has 0 unspecified atom stereocenters. The number of carbonyl (C=O) groups excluding carboxylic acids is 2. The van der Waals surface area contributed by atoms with Gasteiger partial charge in [0.1, 0.15) is 5.75 Å². The van der Waals surface area contributed by atoms with Crippen molar-refractivity contribution in [3.8, 4) is 5.75 Å². The minimum atomic E-state index is -0.246. The smallest absolute Gasteiger partial charge is 0.196 e. The summed E-state index contributed by atoms with van der Waals surface area (Å²) in [4.78, 5) is 23.0. The maximum absolute atomic E-state index is 12.2. The van der Waals surface area contributed by atoms with E-state index in [1.807, 2.05) is 26.8 Å². The number of rotatable bonds is 5. The zero-order valence-electron chi connectivity index (χ0n) is 11.5. The van der Waals surface area contributed by atoms with Crippen LogP contribution >= 0.6 is 22.6 Å². The lowest BCUT2D eigenvalue weighted by atomic mass is 9.99. The Morgan fingerprint density at radius 2 is 2.00 bits per heavy atom. The molecule has 1 aromatic carbocycles. The molecule has 0 fully saturated rings. The summed E-state index contributed by atoms with van der Waals surface area (Å²) in [6, 6.07) is 3.61. The molecule has 0 N–H and O–H groups in total. The fourth-order valence-corrected chi connectivity index (χ4v) is 2.25. The molecule has 1 aromatic rings. The zero-order valence-corrected chi connectivity index (χ0v) is 13.6. The van der Waals surface area contributed by atoms with E-state index in [-0.39, 0.29) is 17.5 Å². The third-order valence-electron chi connectivity index (χ3n) is 2.59. The fraction of sp³-hybridized carbons (Fsp3) is 0.333. The third kappa shape index (κ3) is 3.89. The highest BCUT2D eigenvalue weighted by atomic mass is 127. The van der Waals surface area contributed by atoms with Gasteiger partial charge in [0.2, 0.25) is 0 Å². The first-order chi connectivity index (χ1) is 8.90. The molecule has 0 aliphatic rings. The molecule has 0 saturated heterocycles. The van der Waals surface area contributed by atoms with Crippen molar-refractivity contribution < 1.29 is 14.3 Å². The van der Waals surface area contributed by atoms with E-state index in [4.69, 9.17) is 4.74 Å². The van der Waals surface area contributed by atoms with Gasteiger partial charge in [-0.15, -0.1) is 0 Å². The maximum Gasteiger partial charge on any atom is 0.196 e. The number of aldehydes is 1. The van der Waals surface area contributed by atoms with Gasteiger partial charge in [0, 0.05) is 5.56 Å². The van der Waals surface area contributed by atoms with Crippen LogP contribution in [-0.4, -0.2) is 18.2 Å². The summed E-state index contributed by atoms with van der Waals surface area (Å²) in [6.07, 6.45) is 2.20. The van der Waals surface area contributed by atoms with Gasteiger partial charge in [-0.25, -0.2) is 0 Å². The van der Waals surface area contributed by atoms with Crippen LogP contribution in [0.25, 0.3) is 0 Å². The minimum absolute atomic E-state index is 0.0792. The van der Waals surface area contributed by atoms with Crippen molar-refractivity contribution in [3.63, 3.8) is 0 Å². The number of carbonyl (C=O) groups is 2. The molecular weight excluding hydrogens is 355 g/mol. The standard InChI is InChI=1S/C15H17IO3/c1-5-11(8-17)15(18)12-7-13(16)14(6-10(12)4)19-9(2)3/h5-9H,1-4H3/b11-5+. The van der Waals surface area contributed by atoms with E-state index in [1.54, 1.807) is 13.0 Å². The van der Waals surface area contributed by atoms with Crippen LogP contribution in [0.5, 0.6) is 5.75 Å². The van der Waals surface area contributed by atoms with Crippen molar-refractivity contribution in [3.05, 3.63) is 38.5 Å². The second kappa shape index (κ2) is 6.84. The maximum atomic E-state index is 12.2. The topological polar surface area (TPSA) is 43.4 Å². The Bertz CT molecular complexity index is 530. The number of halogens is 1. The Hall–Kier alpha value is -1.17.